The molecule has 21 nitrogen and oxygen atoms in total. The highest BCUT2D eigenvalue weighted by molar-refractivity contribution is 7.89. The van der Waals surface area contributed by atoms with Crippen molar-refractivity contribution in [1.29, 1.82) is 0 Å². The molecule has 6 aromatic carbocycles. The van der Waals surface area contributed by atoms with Crippen LogP contribution in [0.4, 0.5) is 34.5 Å². The van der Waals surface area contributed by atoms with E-state index < -0.39 is 30.1 Å². The highest BCUT2D eigenvalue weighted by Gasteiger charge is 2.15. The molecule has 26 heteroatoms. The predicted octanol–water partition coefficient (Wildman–Crippen LogP) is 10.0. The molecule has 0 atom stereocenters. The summed E-state index contributed by atoms with van der Waals surface area (Å²) in [6.45, 7) is 0. The van der Waals surface area contributed by atoms with Gasteiger partial charge in [0.05, 0.1) is 38.9 Å². The molecular weight excluding hydrogens is 1090 g/mol. The third-order valence-electron chi connectivity index (χ3n) is 11.9. The van der Waals surface area contributed by atoms with Crippen LogP contribution in [0.3, 0.4) is 0 Å². The first kappa shape index (κ1) is 52.6. The Morgan fingerprint density at radius 2 is 0.897 bits per heavy atom. The van der Waals surface area contributed by atoms with Crippen molar-refractivity contribution in [3.63, 3.8) is 0 Å². The van der Waals surface area contributed by atoms with E-state index in [1.807, 2.05) is 78.3 Å². The normalized spacial score (nSPS) is 11.7. The van der Waals surface area contributed by atoms with Crippen molar-refractivity contribution in [2.24, 2.45) is 15.4 Å². The summed E-state index contributed by atoms with van der Waals surface area (Å²) < 4.78 is 75.2. The van der Waals surface area contributed by atoms with E-state index in [-0.39, 0.29) is 20.4 Å². The summed E-state index contributed by atoms with van der Waals surface area (Å²) in [5.41, 5.74) is 8.85. The van der Waals surface area contributed by atoms with Gasteiger partial charge in [-0.1, -0.05) is 18.2 Å². The van der Waals surface area contributed by atoms with Crippen LogP contribution in [0.15, 0.2) is 183 Å². The van der Waals surface area contributed by atoms with Crippen molar-refractivity contribution < 1.29 is 35.1 Å². The van der Waals surface area contributed by atoms with E-state index in [2.05, 4.69) is 56.9 Å². The molecule has 0 aliphatic rings. The Morgan fingerprint density at radius 3 is 1.33 bits per heavy atom. The fraction of sp³-hybridized carbons (Fsp3) is 0.0192. The van der Waals surface area contributed by atoms with Gasteiger partial charge >= 0.3 is 0 Å². The lowest BCUT2D eigenvalue weighted by Gasteiger charge is -2.03. The van der Waals surface area contributed by atoms with E-state index in [1.165, 1.54) is 36.4 Å². The summed E-state index contributed by atoms with van der Waals surface area (Å²) in [5.74, 6) is 2.91. The van der Waals surface area contributed by atoms with Crippen LogP contribution >= 0.6 is 22.7 Å². The number of nitrogens with zero attached hydrogens (tertiary/aromatic N) is 3. The van der Waals surface area contributed by atoms with E-state index in [0.717, 1.165) is 70.6 Å². The van der Waals surface area contributed by atoms with Gasteiger partial charge in [-0.2, -0.15) is 15.3 Å². The molecule has 0 saturated heterocycles. The number of H-pyrrole nitrogens is 4. The van der Waals surface area contributed by atoms with Crippen molar-refractivity contribution in [3.05, 3.63) is 169 Å². The Hall–Kier alpha value is -8.86. The van der Waals surface area contributed by atoms with Gasteiger partial charge in [0.25, 0.3) is 0 Å². The number of thiophene rings is 2. The third-order valence-corrected chi connectivity index (χ3v) is 16.6. The number of hydrogen-bond donors (Lipinski definition) is 11. The van der Waals surface area contributed by atoms with E-state index in [0.29, 0.717) is 34.5 Å². The number of methoxy groups -OCH3 is 1. The fourth-order valence-corrected chi connectivity index (χ4v) is 11.6. The number of fused-ring (bicyclic) bond motifs is 3. The van der Waals surface area contributed by atoms with Gasteiger partial charge in [0.1, 0.15) is 11.5 Å². The van der Waals surface area contributed by atoms with Gasteiger partial charge in [0.15, 0.2) is 17.5 Å². The average Bonchev–Trinajstić information content (AvgIpc) is 4.30. The summed E-state index contributed by atoms with van der Waals surface area (Å²) in [4.78, 5) is 3.42. The molecule has 0 aliphatic heterocycles. The van der Waals surface area contributed by atoms with Gasteiger partial charge in [0.2, 0.25) is 30.1 Å². The highest BCUT2D eigenvalue weighted by Crippen LogP contribution is 2.38. The van der Waals surface area contributed by atoms with Crippen LogP contribution in [0.5, 0.6) is 11.5 Å². The van der Waals surface area contributed by atoms with Crippen LogP contribution in [0.1, 0.15) is 0 Å². The van der Waals surface area contributed by atoms with Crippen LogP contribution in [-0.2, 0) is 30.1 Å². The van der Waals surface area contributed by atoms with Crippen LogP contribution in [0.25, 0.3) is 64.8 Å². The number of nitrogens with two attached hydrogens (primary N) is 3. The topological polar surface area (TPSA) is 348 Å². The quantitative estimate of drug-likeness (QED) is 0.0512. The number of para-hydroxylation sites is 1. The van der Waals surface area contributed by atoms with Crippen molar-refractivity contribution in [2.75, 3.05) is 23.1 Å². The van der Waals surface area contributed by atoms with Gasteiger partial charge in [-0.05, 0) is 115 Å². The first-order chi connectivity index (χ1) is 37.3. The largest absolute Gasteiger partial charge is 0.508 e. The van der Waals surface area contributed by atoms with Crippen molar-refractivity contribution in [3.8, 4) is 45.3 Å². The number of aromatic amines is 4. The molecule has 14 N–H and O–H groups in total. The van der Waals surface area contributed by atoms with Crippen molar-refractivity contribution in [1.82, 2.24) is 35.6 Å². The van der Waals surface area contributed by atoms with Crippen LogP contribution < -0.4 is 36.1 Å². The maximum absolute atomic E-state index is 11.3. The number of rotatable bonds is 13. The summed E-state index contributed by atoms with van der Waals surface area (Å²) >= 11 is 3.18. The monoisotopic (exact) mass is 1140 g/mol. The number of phenolic OH excluding ortho intramolecular Hbond substituents is 1. The minimum Gasteiger partial charge on any atom is -0.508 e. The number of aromatic nitrogens is 7. The molecule has 12 rings (SSSR count). The van der Waals surface area contributed by atoms with E-state index >= 15 is 0 Å². The lowest BCUT2D eigenvalue weighted by Crippen LogP contribution is -2.11. The van der Waals surface area contributed by atoms with E-state index in [9.17, 15) is 30.4 Å². The highest BCUT2D eigenvalue weighted by atomic mass is 32.2. The molecule has 0 bridgehead atoms. The number of aromatic hydroxyl groups is 1. The molecule has 0 unspecified atom stereocenters. The van der Waals surface area contributed by atoms with Crippen molar-refractivity contribution in [2.45, 2.75) is 14.7 Å². The Morgan fingerprint density at radius 1 is 0.487 bits per heavy atom. The van der Waals surface area contributed by atoms with E-state index in [4.69, 9.17) is 20.2 Å². The predicted molar refractivity (Wildman–Crippen MR) is 306 cm³/mol. The molecular formula is C52H45N13O8S5. The minimum atomic E-state index is -3.71. The second-order valence-corrected chi connectivity index (χ2v) is 23.7. The molecule has 396 valence electrons. The fourth-order valence-electron chi connectivity index (χ4n) is 8.06. The summed E-state index contributed by atoms with van der Waals surface area (Å²) in [5, 5.41) is 63.4. The SMILES string of the molecule is COc1ccc2c(-c3cc(Nc4ccc(S(N)(=O)=O)cc4)n[nH]3)csc2c1.NS(=O)(=O)c1ccc(Nc2cc(-c3c[nH]c4ccccc34)[nH]n2)cc1.NS(=O)(=O)c1ccc(Nc2cc(-c3csc4cc(O)ccc34)[nH]n2)cc1. The number of primary sulfonamides is 3. The van der Waals surface area contributed by atoms with Crippen LogP contribution in [-0.4, -0.2) is 73.0 Å². The molecule has 0 fully saturated rings. The summed E-state index contributed by atoms with van der Waals surface area (Å²) in [6.07, 6.45) is 1.93. The van der Waals surface area contributed by atoms with Gasteiger partial charge in [-0.25, -0.2) is 40.7 Å². The number of phenols is 1. The van der Waals surface area contributed by atoms with E-state index in [1.54, 1.807) is 78.3 Å². The maximum atomic E-state index is 11.3. The second kappa shape index (κ2) is 21.6. The molecule has 0 aliphatic carbocycles. The molecule has 6 aromatic heterocycles. The molecule has 0 radical (unpaired) electrons. The maximum Gasteiger partial charge on any atom is 0.238 e. The molecule has 6 heterocycles. The van der Waals surface area contributed by atoms with Crippen molar-refractivity contribution >= 4 is 118 Å². The zero-order valence-electron chi connectivity index (χ0n) is 40.6. The average molecular weight is 1140 g/mol. The Bertz CT molecular complexity index is 4450. The van der Waals surface area contributed by atoms with Gasteiger partial charge in [-0.3, -0.25) is 15.3 Å². The summed E-state index contributed by atoms with van der Waals surface area (Å²) in [7, 11) is -9.45. The number of ether oxygens (including phenoxy) is 1. The number of anilines is 6. The third kappa shape index (κ3) is 12.0. The zero-order valence-corrected chi connectivity index (χ0v) is 44.7. The molecule has 0 spiro atoms. The van der Waals surface area contributed by atoms with Gasteiger partial charge in [0, 0.05) is 100.0 Å². The smallest absolute Gasteiger partial charge is 0.238 e. The van der Waals surface area contributed by atoms with Crippen LogP contribution in [0, 0.1) is 0 Å². The number of nitrogens with one attached hydrogen (secondary N) is 7. The Balaban J connectivity index is 0.000000132. The number of sulfonamides is 3. The lowest BCUT2D eigenvalue weighted by atomic mass is 10.1. The van der Waals surface area contributed by atoms with Crippen LogP contribution in [0.2, 0.25) is 0 Å². The molecule has 12 aromatic rings. The Labute approximate surface area is 453 Å². The number of benzene rings is 6. The van der Waals surface area contributed by atoms with Gasteiger partial charge in [-0.15, -0.1) is 22.7 Å². The first-order valence-electron chi connectivity index (χ1n) is 23.0. The molecule has 0 amide bonds. The Kier molecular flexibility index (Phi) is 14.6. The molecule has 78 heavy (non-hydrogen) atoms. The molecule has 0 saturated carbocycles. The summed E-state index contributed by atoms with van der Waals surface area (Å²) in [6, 6.07) is 43.4. The second-order valence-electron chi connectivity index (χ2n) is 17.2. The zero-order chi connectivity index (χ0) is 54.8. The number of hydrogen-bond acceptors (Lipinski definition) is 16. The minimum absolute atomic E-state index is 0.0544. The lowest BCUT2D eigenvalue weighted by molar-refractivity contribution is 0.415. The first-order valence-corrected chi connectivity index (χ1v) is 29.4. The standard InChI is InChI=1S/C18H16N4O3S2.C17H15N5O2S.C17H14N4O3S2/c1-25-12-4-7-14-15(10-26-17(14)8-12)16-9-18(22-21-16)20-11-2-5-13(6-3-11)27(19,23)24;18-25(23,24)12-7-5-11(6-8-12)20-17-9-16(21-22-17)14-10-19-15-4-2-1-3-13(14)15;18-26(23,24)12-4-1-10(2-5-12)19-17-8-15(20-21-17)14-9-25-16-7-11(22)3-6-13(14)16/h2-10H,1H3,(H2,19,23,24)(H2,20,21,22);1-10,19H,(H2,18,23,24)(H2,20,21,22);1-9,22H,(H2,18,23,24)(H2,19,20,21). The van der Waals surface area contributed by atoms with Gasteiger partial charge < -0.3 is 30.8 Å².